The van der Waals surface area contributed by atoms with E-state index in [-0.39, 0.29) is 12.6 Å². The number of benzene rings is 1. The first kappa shape index (κ1) is 11.3. The van der Waals surface area contributed by atoms with Crippen molar-refractivity contribution in [1.82, 2.24) is 0 Å². The normalized spacial score (nSPS) is 14.0. The van der Waals surface area contributed by atoms with Gasteiger partial charge in [0.25, 0.3) is 0 Å². The van der Waals surface area contributed by atoms with Crippen LogP contribution in [0.4, 0.5) is 0 Å². The van der Waals surface area contributed by atoms with Gasteiger partial charge in [0.05, 0.1) is 6.21 Å². The third-order valence-electron chi connectivity index (χ3n) is 2.28. The van der Waals surface area contributed by atoms with E-state index in [0.717, 1.165) is 5.56 Å². The van der Waals surface area contributed by atoms with Gasteiger partial charge in [0.2, 0.25) is 0 Å². The first-order valence-electron chi connectivity index (χ1n) is 5.31. The van der Waals surface area contributed by atoms with Gasteiger partial charge in [0.15, 0.2) is 0 Å². The van der Waals surface area contributed by atoms with E-state index < -0.39 is 0 Å². The molecule has 0 aromatic heterocycles. The van der Waals surface area contributed by atoms with Crippen molar-refractivity contribution < 1.29 is 9.53 Å². The number of ether oxygens (including phenoxy) is 1. The first-order valence-corrected chi connectivity index (χ1v) is 5.31. The van der Waals surface area contributed by atoms with E-state index in [2.05, 4.69) is 10.2 Å². The SMILES string of the molecule is O=C(OCc1ccccc1)C1=CC=NN=CC1. The minimum atomic E-state index is -0.325. The molecule has 0 N–H and O–H groups in total. The van der Waals surface area contributed by atoms with Gasteiger partial charge in [-0.3, -0.25) is 0 Å². The summed E-state index contributed by atoms with van der Waals surface area (Å²) in [6.45, 7) is 0.283. The van der Waals surface area contributed by atoms with Crippen LogP contribution in [-0.4, -0.2) is 18.4 Å². The van der Waals surface area contributed by atoms with E-state index in [4.69, 9.17) is 4.74 Å². The fourth-order valence-corrected chi connectivity index (χ4v) is 1.38. The van der Waals surface area contributed by atoms with Gasteiger partial charge in [-0.05, 0) is 11.6 Å². The van der Waals surface area contributed by atoms with Crippen molar-refractivity contribution in [3.63, 3.8) is 0 Å². The highest BCUT2D eigenvalue weighted by molar-refractivity contribution is 5.97. The minimum absolute atomic E-state index is 0.283. The molecule has 0 amide bonds. The predicted molar refractivity (Wildman–Crippen MR) is 65.9 cm³/mol. The maximum absolute atomic E-state index is 11.7. The van der Waals surface area contributed by atoms with Crippen LogP contribution in [0, 0.1) is 0 Å². The number of nitrogens with zero attached hydrogens (tertiary/aromatic N) is 2. The monoisotopic (exact) mass is 228 g/mol. The van der Waals surface area contributed by atoms with Gasteiger partial charge in [0.1, 0.15) is 6.61 Å². The zero-order chi connectivity index (χ0) is 11.9. The highest BCUT2D eigenvalue weighted by Gasteiger charge is 2.10. The summed E-state index contributed by atoms with van der Waals surface area (Å²) in [6, 6.07) is 9.57. The second-order valence-electron chi connectivity index (χ2n) is 3.52. The molecule has 1 heterocycles. The van der Waals surface area contributed by atoms with E-state index in [1.165, 1.54) is 6.21 Å². The summed E-state index contributed by atoms with van der Waals surface area (Å²) in [7, 11) is 0. The third-order valence-corrected chi connectivity index (χ3v) is 2.28. The molecule has 0 radical (unpaired) electrons. The van der Waals surface area contributed by atoms with Gasteiger partial charge in [-0.1, -0.05) is 30.3 Å². The molecule has 0 unspecified atom stereocenters. The van der Waals surface area contributed by atoms with Crippen LogP contribution in [0.3, 0.4) is 0 Å². The van der Waals surface area contributed by atoms with Gasteiger partial charge >= 0.3 is 5.97 Å². The molecule has 0 atom stereocenters. The lowest BCUT2D eigenvalue weighted by Gasteiger charge is -2.05. The molecule has 0 saturated heterocycles. The van der Waals surface area contributed by atoms with Crippen molar-refractivity contribution in [3.05, 3.63) is 47.5 Å². The quantitative estimate of drug-likeness (QED) is 0.744. The smallest absolute Gasteiger partial charge is 0.334 e. The van der Waals surface area contributed by atoms with Crippen LogP contribution in [0.15, 0.2) is 52.2 Å². The maximum Gasteiger partial charge on any atom is 0.334 e. The Bertz CT molecular complexity index is 475. The van der Waals surface area contributed by atoms with Gasteiger partial charge < -0.3 is 4.74 Å². The van der Waals surface area contributed by atoms with Crippen LogP contribution < -0.4 is 0 Å². The van der Waals surface area contributed by atoms with Crippen molar-refractivity contribution >= 4 is 18.4 Å². The Hall–Kier alpha value is -2.23. The number of hydrogen-bond donors (Lipinski definition) is 0. The summed E-state index contributed by atoms with van der Waals surface area (Å²) in [5.41, 5.74) is 1.53. The molecule has 0 spiro atoms. The van der Waals surface area contributed by atoms with Crippen molar-refractivity contribution in [2.24, 2.45) is 10.2 Å². The van der Waals surface area contributed by atoms with Crippen LogP contribution in [0.25, 0.3) is 0 Å². The molecule has 1 aliphatic heterocycles. The second kappa shape index (κ2) is 5.75. The van der Waals surface area contributed by atoms with E-state index in [1.54, 1.807) is 12.3 Å². The molecule has 0 bridgehead atoms. The van der Waals surface area contributed by atoms with Crippen LogP contribution in [0.2, 0.25) is 0 Å². The summed E-state index contributed by atoms with van der Waals surface area (Å²) in [5, 5.41) is 7.39. The van der Waals surface area contributed by atoms with Crippen molar-refractivity contribution in [1.29, 1.82) is 0 Å². The van der Waals surface area contributed by atoms with Crippen LogP contribution in [-0.2, 0) is 16.1 Å². The number of carbonyl (C=O) groups excluding carboxylic acids is 1. The topological polar surface area (TPSA) is 51.0 Å². The van der Waals surface area contributed by atoms with Crippen molar-refractivity contribution in [3.8, 4) is 0 Å². The molecule has 1 aromatic rings. The molecule has 0 saturated carbocycles. The van der Waals surface area contributed by atoms with Gasteiger partial charge in [-0.15, -0.1) is 0 Å². The lowest BCUT2D eigenvalue weighted by atomic mass is 10.2. The predicted octanol–water partition coefficient (Wildman–Crippen LogP) is 2.12. The maximum atomic E-state index is 11.7. The minimum Gasteiger partial charge on any atom is -0.457 e. The molecule has 0 fully saturated rings. The molecule has 4 heteroatoms. The number of allylic oxidation sites excluding steroid dienone is 1. The molecule has 1 aliphatic rings. The standard InChI is InChI=1S/C13H12N2O2/c16-13(12-6-8-14-15-9-7-12)17-10-11-4-2-1-3-5-11/h1-6,8-9H,7,10H2. The van der Waals surface area contributed by atoms with E-state index in [0.29, 0.717) is 12.0 Å². The van der Waals surface area contributed by atoms with Gasteiger partial charge in [-0.25, -0.2) is 4.79 Å². The highest BCUT2D eigenvalue weighted by Crippen LogP contribution is 2.07. The molecular formula is C13H12N2O2. The Labute approximate surface area is 99.3 Å². The molecule has 4 nitrogen and oxygen atoms in total. The fourth-order valence-electron chi connectivity index (χ4n) is 1.38. The summed E-state index contributed by atoms with van der Waals surface area (Å²) >= 11 is 0. The number of hydrogen-bond acceptors (Lipinski definition) is 4. The van der Waals surface area contributed by atoms with Crippen LogP contribution >= 0.6 is 0 Å². The zero-order valence-electron chi connectivity index (χ0n) is 9.24. The largest absolute Gasteiger partial charge is 0.457 e. The Morgan fingerprint density at radius 2 is 2.06 bits per heavy atom. The second-order valence-corrected chi connectivity index (χ2v) is 3.52. The summed E-state index contributed by atoms with van der Waals surface area (Å²) in [5.74, 6) is -0.325. The summed E-state index contributed by atoms with van der Waals surface area (Å²) in [6.07, 6.45) is 5.15. The zero-order valence-corrected chi connectivity index (χ0v) is 9.24. The molecular weight excluding hydrogens is 216 g/mol. The summed E-state index contributed by atoms with van der Waals surface area (Å²) in [4.78, 5) is 11.7. The van der Waals surface area contributed by atoms with Crippen LogP contribution in [0.1, 0.15) is 12.0 Å². The lowest BCUT2D eigenvalue weighted by molar-refractivity contribution is -0.140. The Balaban J connectivity index is 1.92. The van der Waals surface area contributed by atoms with Gasteiger partial charge in [-0.2, -0.15) is 10.2 Å². The lowest BCUT2D eigenvalue weighted by Crippen LogP contribution is -2.08. The van der Waals surface area contributed by atoms with E-state index in [9.17, 15) is 4.79 Å². The highest BCUT2D eigenvalue weighted by atomic mass is 16.5. The molecule has 2 rings (SSSR count). The molecule has 86 valence electrons. The Morgan fingerprint density at radius 3 is 2.88 bits per heavy atom. The van der Waals surface area contributed by atoms with Crippen molar-refractivity contribution in [2.75, 3.05) is 0 Å². The average molecular weight is 228 g/mol. The Kier molecular flexibility index (Phi) is 3.81. The van der Waals surface area contributed by atoms with Crippen molar-refractivity contribution in [2.45, 2.75) is 13.0 Å². The fraction of sp³-hybridized carbons (Fsp3) is 0.154. The van der Waals surface area contributed by atoms with E-state index >= 15 is 0 Å². The third kappa shape index (κ3) is 3.38. The van der Waals surface area contributed by atoms with E-state index in [1.807, 2.05) is 30.3 Å². The number of rotatable bonds is 3. The van der Waals surface area contributed by atoms with Crippen LogP contribution in [0.5, 0.6) is 0 Å². The number of esters is 1. The first-order chi connectivity index (χ1) is 8.36. The average Bonchev–Trinajstić information content (AvgIpc) is 2.66. The Morgan fingerprint density at radius 1 is 1.24 bits per heavy atom. The van der Waals surface area contributed by atoms with Gasteiger partial charge in [0, 0.05) is 18.2 Å². The molecule has 0 aliphatic carbocycles. The summed E-state index contributed by atoms with van der Waals surface area (Å²) < 4.78 is 5.19. The molecule has 17 heavy (non-hydrogen) atoms. The molecule has 1 aromatic carbocycles. The number of carbonyl (C=O) groups is 1.